The first-order valence-corrected chi connectivity index (χ1v) is 4.33. The summed E-state index contributed by atoms with van der Waals surface area (Å²) in [5, 5.41) is 7.02. The molecule has 1 aromatic heterocycles. The molecule has 0 saturated heterocycles. The first-order chi connectivity index (χ1) is 7.50. The van der Waals surface area contributed by atoms with Gasteiger partial charge < -0.3 is 5.73 Å². The Balaban J connectivity index is 2.65. The van der Waals surface area contributed by atoms with Gasteiger partial charge in [0.1, 0.15) is 5.69 Å². The molecule has 7 heteroatoms. The van der Waals surface area contributed by atoms with E-state index in [4.69, 9.17) is 5.73 Å². The molecule has 0 unspecified atom stereocenters. The minimum atomic E-state index is -1.26. The summed E-state index contributed by atoms with van der Waals surface area (Å²) in [6, 6.07) is 1.15. The molecule has 0 amide bonds. The van der Waals surface area contributed by atoms with Crippen LogP contribution in [0.25, 0.3) is 5.69 Å². The van der Waals surface area contributed by atoms with Gasteiger partial charge in [0.25, 0.3) is 0 Å². The predicted molar refractivity (Wildman–Crippen MR) is 50.4 cm³/mol. The van der Waals surface area contributed by atoms with Crippen LogP contribution in [0.1, 0.15) is 5.69 Å². The van der Waals surface area contributed by atoms with Crippen LogP contribution >= 0.6 is 0 Å². The Labute approximate surface area is 88.5 Å². The van der Waals surface area contributed by atoms with E-state index in [1.807, 2.05) is 0 Å². The van der Waals surface area contributed by atoms with E-state index in [0.29, 0.717) is 17.8 Å². The van der Waals surface area contributed by atoms with Crippen molar-refractivity contribution in [3.8, 4) is 5.69 Å². The maximum atomic E-state index is 13.4. The molecule has 16 heavy (non-hydrogen) atoms. The van der Waals surface area contributed by atoms with Crippen LogP contribution in [0.2, 0.25) is 0 Å². The van der Waals surface area contributed by atoms with E-state index in [1.54, 1.807) is 0 Å². The van der Waals surface area contributed by atoms with E-state index in [0.717, 1.165) is 4.68 Å². The number of rotatable bonds is 1. The van der Waals surface area contributed by atoms with Crippen LogP contribution < -0.4 is 5.73 Å². The summed E-state index contributed by atoms with van der Waals surface area (Å²) in [6.45, 7) is 1.54. The van der Waals surface area contributed by atoms with Gasteiger partial charge in [-0.1, -0.05) is 5.21 Å². The first-order valence-electron chi connectivity index (χ1n) is 4.33. The largest absolute Gasteiger partial charge is 0.381 e. The van der Waals surface area contributed by atoms with Crippen molar-refractivity contribution in [3.63, 3.8) is 0 Å². The molecule has 1 aromatic carbocycles. The second kappa shape index (κ2) is 3.51. The third-order valence-corrected chi connectivity index (χ3v) is 2.15. The highest BCUT2D eigenvalue weighted by molar-refractivity contribution is 5.41. The molecule has 2 rings (SSSR count). The average Bonchev–Trinajstić information content (AvgIpc) is 2.54. The lowest BCUT2D eigenvalue weighted by molar-refractivity contribution is 0.490. The quantitative estimate of drug-likeness (QED) is 0.754. The fourth-order valence-electron chi connectivity index (χ4n) is 1.24. The molecule has 0 fully saturated rings. The number of hydrogen-bond acceptors (Lipinski definition) is 3. The van der Waals surface area contributed by atoms with Gasteiger partial charge in [-0.15, -0.1) is 5.10 Å². The van der Waals surface area contributed by atoms with E-state index in [9.17, 15) is 13.2 Å². The molecule has 0 aliphatic carbocycles. The number of aromatic nitrogens is 3. The fourth-order valence-corrected chi connectivity index (χ4v) is 1.24. The van der Waals surface area contributed by atoms with Crippen molar-refractivity contribution >= 4 is 5.82 Å². The molecule has 0 aliphatic heterocycles. The molecular weight excluding hydrogens is 221 g/mol. The van der Waals surface area contributed by atoms with Crippen LogP contribution in [0.15, 0.2) is 12.1 Å². The van der Waals surface area contributed by atoms with E-state index < -0.39 is 17.5 Å². The number of hydrogen-bond donors (Lipinski definition) is 1. The Bertz CT molecular complexity index is 550. The lowest BCUT2D eigenvalue weighted by atomic mass is 10.2. The highest BCUT2D eigenvalue weighted by Gasteiger charge is 2.15. The molecule has 84 valence electrons. The fraction of sp³-hybridized carbons (Fsp3) is 0.111. The number of nitrogens with zero attached hydrogens (tertiary/aromatic N) is 3. The molecular formula is C9H7F3N4. The van der Waals surface area contributed by atoms with Gasteiger partial charge in [-0.05, 0) is 6.92 Å². The molecule has 0 aliphatic rings. The molecule has 0 atom stereocenters. The average molecular weight is 228 g/mol. The zero-order valence-corrected chi connectivity index (χ0v) is 8.21. The lowest BCUT2D eigenvalue weighted by Crippen LogP contribution is -2.04. The number of nitrogen functional groups attached to an aromatic ring is 1. The highest BCUT2D eigenvalue weighted by atomic mass is 19.2. The third kappa shape index (κ3) is 1.50. The van der Waals surface area contributed by atoms with Crippen molar-refractivity contribution in [2.24, 2.45) is 0 Å². The van der Waals surface area contributed by atoms with E-state index in [-0.39, 0.29) is 11.5 Å². The van der Waals surface area contributed by atoms with Gasteiger partial charge in [0.15, 0.2) is 23.3 Å². The van der Waals surface area contributed by atoms with E-state index in [1.165, 1.54) is 6.92 Å². The predicted octanol–water partition coefficient (Wildman–Crippen LogP) is 1.58. The number of nitrogens with two attached hydrogens (primary N) is 1. The summed E-state index contributed by atoms with van der Waals surface area (Å²) >= 11 is 0. The Morgan fingerprint density at radius 2 is 1.75 bits per heavy atom. The highest BCUT2D eigenvalue weighted by Crippen LogP contribution is 2.19. The first kappa shape index (κ1) is 10.5. The number of halogens is 3. The van der Waals surface area contributed by atoms with Gasteiger partial charge in [0.2, 0.25) is 0 Å². The summed E-state index contributed by atoms with van der Waals surface area (Å²) in [6.07, 6.45) is 0. The summed E-state index contributed by atoms with van der Waals surface area (Å²) in [4.78, 5) is 0. The van der Waals surface area contributed by atoms with Crippen molar-refractivity contribution in [1.82, 2.24) is 15.0 Å². The van der Waals surface area contributed by atoms with Crippen molar-refractivity contribution in [2.45, 2.75) is 6.92 Å². The Morgan fingerprint density at radius 1 is 1.12 bits per heavy atom. The maximum Gasteiger partial charge on any atom is 0.169 e. The van der Waals surface area contributed by atoms with Gasteiger partial charge in [-0.2, -0.15) is 0 Å². The van der Waals surface area contributed by atoms with Gasteiger partial charge >= 0.3 is 0 Å². The summed E-state index contributed by atoms with van der Waals surface area (Å²) in [5.74, 6) is -3.26. The zero-order chi connectivity index (χ0) is 11.9. The molecule has 2 aromatic rings. The molecule has 0 spiro atoms. The monoisotopic (exact) mass is 228 g/mol. The van der Waals surface area contributed by atoms with Gasteiger partial charge in [0, 0.05) is 12.1 Å². The minimum absolute atomic E-state index is 0.101. The van der Waals surface area contributed by atoms with E-state index >= 15 is 0 Å². The second-order valence-corrected chi connectivity index (χ2v) is 3.19. The summed E-state index contributed by atoms with van der Waals surface area (Å²) in [5.41, 5.74) is 5.53. The van der Waals surface area contributed by atoms with Crippen molar-refractivity contribution in [2.75, 3.05) is 5.73 Å². The molecule has 0 radical (unpaired) electrons. The Hall–Kier alpha value is -2.05. The van der Waals surface area contributed by atoms with Crippen LogP contribution in [0.4, 0.5) is 19.0 Å². The van der Waals surface area contributed by atoms with E-state index in [2.05, 4.69) is 10.3 Å². The lowest BCUT2D eigenvalue weighted by Gasteiger charge is -2.05. The Kier molecular flexibility index (Phi) is 2.30. The molecule has 4 nitrogen and oxygen atoms in total. The SMILES string of the molecule is Cc1c(N)nnn1-c1cc(F)c(F)cc1F. The van der Waals surface area contributed by atoms with Gasteiger partial charge in [0.05, 0.1) is 5.69 Å². The third-order valence-electron chi connectivity index (χ3n) is 2.15. The van der Waals surface area contributed by atoms with Gasteiger partial charge in [-0.25, -0.2) is 17.9 Å². The maximum absolute atomic E-state index is 13.4. The molecule has 0 saturated carbocycles. The van der Waals surface area contributed by atoms with Crippen molar-refractivity contribution < 1.29 is 13.2 Å². The van der Waals surface area contributed by atoms with Crippen LogP contribution in [-0.2, 0) is 0 Å². The van der Waals surface area contributed by atoms with Crippen LogP contribution in [0, 0.1) is 24.4 Å². The second-order valence-electron chi connectivity index (χ2n) is 3.19. The molecule has 1 heterocycles. The van der Waals surface area contributed by atoms with Gasteiger partial charge in [-0.3, -0.25) is 0 Å². The summed E-state index contributed by atoms with van der Waals surface area (Å²) in [7, 11) is 0. The van der Waals surface area contributed by atoms with Crippen LogP contribution in [0.5, 0.6) is 0 Å². The normalized spacial score (nSPS) is 10.8. The molecule has 2 N–H and O–H groups in total. The van der Waals surface area contributed by atoms with Crippen molar-refractivity contribution in [3.05, 3.63) is 35.3 Å². The standard InChI is InChI=1S/C9H7F3N4/c1-4-9(13)14-15-16(4)8-3-6(11)5(10)2-7(8)12/h2-3H,13H2,1H3. The van der Waals surface area contributed by atoms with Crippen molar-refractivity contribution in [1.29, 1.82) is 0 Å². The number of anilines is 1. The smallest absolute Gasteiger partial charge is 0.169 e. The van der Waals surface area contributed by atoms with Crippen LogP contribution in [0.3, 0.4) is 0 Å². The molecule has 0 bridgehead atoms. The Morgan fingerprint density at radius 3 is 2.31 bits per heavy atom. The summed E-state index contributed by atoms with van der Waals surface area (Å²) < 4.78 is 40.0. The topological polar surface area (TPSA) is 56.7 Å². The number of benzene rings is 1. The minimum Gasteiger partial charge on any atom is -0.381 e. The van der Waals surface area contributed by atoms with Crippen LogP contribution in [-0.4, -0.2) is 15.0 Å². The zero-order valence-electron chi connectivity index (χ0n) is 8.21.